The zero-order valence-electron chi connectivity index (χ0n) is 10.8. The molecule has 0 unspecified atom stereocenters. The summed E-state index contributed by atoms with van der Waals surface area (Å²) in [6, 6.07) is 7.48. The second kappa shape index (κ2) is 5.79. The van der Waals surface area contributed by atoms with E-state index in [2.05, 4.69) is 5.32 Å². The number of halogens is 4. The van der Waals surface area contributed by atoms with E-state index in [0.717, 1.165) is 18.3 Å². The van der Waals surface area contributed by atoms with Crippen molar-refractivity contribution in [2.45, 2.75) is 26.2 Å². The first-order valence-corrected chi connectivity index (χ1v) is 6.55. The number of rotatable bonds is 4. The quantitative estimate of drug-likeness (QED) is 0.859. The number of benzene rings is 1. The zero-order valence-corrected chi connectivity index (χ0v) is 11.6. The lowest BCUT2D eigenvalue weighted by molar-refractivity contribution is -0.136. The van der Waals surface area contributed by atoms with Gasteiger partial charge in [-0.2, -0.15) is 13.2 Å². The molecule has 2 rings (SSSR count). The fourth-order valence-corrected chi connectivity index (χ4v) is 2.28. The van der Waals surface area contributed by atoms with Gasteiger partial charge in [0.1, 0.15) is 0 Å². The van der Waals surface area contributed by atoms with Crippen molar-refractivity contribution in [3.05, 3.63) is 52.8 Å². The molecule has 0 saturated heterocycles. The Bertz CT molecular complexity index is 590. The molecule has 20 heavy (non-hydrogen) atoms. The molecule has 0 fully saturated rings. The summed E-state index contributed by atoms with van der Waals surface area (Å²) in [5.41, 5.74) is 0.0747. The summed E-state index contributed by atoms with van der Waals surface area (Å²) >= 11 is 5.88. The summed E-state index contributed by atoms with van der Waals surface area (Å²) in [5.74, 6) is 0. The van der Waals surface area contributed by atoms with Crippen LogP contribution in [-0.4, -0.2) is 4.57 Å². The number of para-hydroxylation sites is 1. The van der Waals surface area contributed by atoms with Crippen LogP contribution in [0.15, 0.2) is 36.5 Å². The molecular formula is C14H14ClF3N2. The highest BCUT2D eigenvalue weighted by Crippen LogP contribution is 2.38. The first-order valence-electron chi connectivity index (χ1n) is 6.17. The van der Waals surface area contributed by atoms with Gasteiger partial charge in [0, 0.05) is 18.4 Å². The number of hydrogen-bond acceptors (Lipinski definition) is 1. The minimum absolute atomic E-state index is 0.0643. The molecule has 0 spiro atoms. The van der Waals surface area contributed by atoms with E-state index in [1.165, 1.54) is 12.1 Å². The average Bonchev–Trinajstić information content (AvgIpc) is 2.83. The summed E-state index contributed by atoms with van der Waals surface area (Å²) in [7, 11) is 0. The highest BCUT2D eigenvalue weighted by atomic mass is 35.5. The fraction of sp³-hybridized carbons (Fsp3) is 0.286. The number of nitrogens with one attached hydrogen (secondary N) is 1. The molecule has 0 amide bonds. The SMILES string of the molecule is CCn1cccc1CNc1c(Cl)cccc1C(F)(F)F. The normalized spacial score (nSPS) is 11.7. The molecule has 0 aliphatic carbocycles. The second-order valence-electron chi connectivity index (χ2n) is 4.30. The zero-order chi connectivity index (χ0) is 14.8. The van der Waals surface area contributed by atoms with Gasteiger partial charge in [0.15, 0.2) is 0 Å². The molecule has 1 heterocycles. The van der Waals surface area contributed by atoms with Gasteiger partial charge in [-0.05, 0) is 31.2 Å². The van der Waals surface area contributed by atoms with E-state index in [0.29, 0.717) is 0 Å². The van der Waals surface area contributed by atoms with Gasteiger partial charge in [-0.1, -0.05) is 17.7 Å². The molecule has 2 aromatic rings. The Morgan fingerprint density at radius 3 is 2.60 bits per heavy atom. The molecule has 1 aromatic heterocycles. The summed E-state index contributed by atoms with van der Waals surface area (Å²) in [4.78, 5) is 0. The third-order valence-corrected chi connectivity index (χ3v) is 3.34. The van der Waals surface area contributed by atoms with Crippen LogP contribution in [0.4, 0.5) is 18.9 Å². The van der Waals surface area contributed by atoms with E-state index in [1.807, 2.05) is 29.8 Å². The van der Waals surface area contributed by atoms with Gasteiger partial charge in [-0.3, -0.25) is 0 Å². The lowest BCUT2D eigenvalue weighted by Gasteiger charge is -2.16. The van der Waals surface area contributed by atoms with Gasteiger partial charge in [0.25, 0.3) is 0 Å². The van der Waals surface area contributed by atoms with E-state index in [1.54, 1.807) is 0 Å². The van der Waals surface area contributed by atoms with Gasteiger partial charge in [-0.25, -0.2) is 0 Å². The summed E-state index contributed by atoms with van der Waals surface area (Å²) < 4.78 is 40.8. The molecule has 0 bridgehead atoms. The van der Waals surface area contributed by atoms with Crippen LogP contribution in [-0.2, 0) is 19.3 Å². The largest absolute Gasteiger partial charge is 0.418 e. The monoisotopic (exact) mass is 302 g/mol. The first-order chi connectivity index (χ1) is 9.43. The average molecular weight is 303 g/mol. The molecule has 0 atom stereocenters. The maximum absolute atomic E-state index is 12.9. The van der Waals surface area contributed by atoms with E-state index >= 15 is 0 Å². The summed E-state index contributed by atoms with van der Waals surface area (Å²) in [6.45, 7) is 3.02. The predicted octanol–water partition coefficient (Wildman–Crippen LogP) is 4.79. The van der Waals surface area contributed by atoms with Crippen molar-refractivity contribution in [3.8, 4) is 0 Å². The standard InChI is InChI=1S/C14H14ClF3N2/c1-2-20-8-4-5-10(20)9-19-13-11(14(16,17)18)6-3-7-12(13)15/h3-8,19H,2,9H2,1H3. The van der Waals surface area contributed by atoms with Crippen LogP contribution in [0.25, 0.3) is 0 Å². The number of nitrogens with zero attached hydrogens (tertiary/aromatic N) is 1. The Labute approximate surface area is 120 Å². The molecule has 108 valence electrons. The molecule has 0 radical (unpaired) electrons. The molecule has 6 heteroatoms. The van der Waals surface area contributed by atoms with Crippen molar-refractivity contribution >= 4 is 17.3 Å². The number of aryl methyl sites for hydroxylation is 1. The molecule has 0 aliphatic heterocycles. The van der Waals surface area contributed by atoms with Crippen molar-refractivity contribution in [1.29, 1.82) is 0 Å². The van der Waals surface area contributed by atoms with Gasteiger partial charge in [-0.15, -0.1) is 0 Å². The van der Waals surface area contributed by atoms with Crippen molar-refractivity contribution in [2.24, 2.45) is 0 Å². The van der Waals surface area contributed by atoms with Gasteiger partial charge in [0.2, 0.25) is 0 Å². The third kappa shape index (κ3) is 3.10. The Balaban J connectivity index is 2.25. The van der Waals surface area contributed by atoms with Gasteiger partial charge >= 0.3 is 6.18 Å². The number of hydrogen-bond donors (Lipinski definition) is 1. The molecule has 1 N–H and O–H groups in total. The first kappa shape index (κ1) is 14.8. The Kier molecular flexibility index (Phi) is 4.28. The van der Waals surface area contributed by atoms with Crippen LogP contribution in [0, 0.1) is 0 Å². The minimum atomic E-state index is -4.43. The topological polar surface area (TPSA) is 17.0 Å². The van der Waals surface area contributed by atoms with Crippen LogP contribution in [0.2, 0.25) is 5.02 Å². The van der Waals surface area contributed by atoms with Crippen molar-refractivity contribution in [2.75, 3.05) is 5.32 Å². The van der Waals surface area contributed by atoms with Gasteiger partial charge in [0.05, 0.1) is 22.8 Å². The van der Waals surface area contributed by atoms with Crippen molar-refractivity contribution < 1.29 is 13.2 Å². The Hall–Kier alpha value is -1.62. The molecule has 1 aromatic carbocycles. The van der Waals surface area contributed by atoms with Crippen LogP contribution in [0.3, 0.4) is 0 Å². The van der Waals surface area contributed by atoms with Gasteiger partial charge < -0.3 is 9.88 Å². The number of aromatic nitrogens is 1. The van der Waals surface area contributed by atoms with E-state index < -0.39 is 11.7 Å². The number of anilines is 1. The lowest BCUT2D eigenvalue weighted by Crippen LogP contribution is -2.12. The predicted molar refractivity (Wildman–Crippen MR) is 73.9 cm³/mol. The van der Waals surface area contributed by atoms with E-state index in [4.69, 9.17) is 11.6 Å². The van der Waals surface area contributed by atoms with Crippen molar-refractivity contribution in [3.63, 3.8) is 0 Å². The highest BCUT2D eigenvalue weighted by molar-refractivity contribution is 6.33. The fourth-order valence-electron chi connectivity index (χ4n) is 2.04. The maximum Gasteiger partial charge on any atom is 0.418 e. The lowest BCUT2D eigenvalue weighted by atomic mass is 10.1. The van der Waals surface area contributed by atoms with E-state index in [-0.39, 0.29) is 17.3 Å². The van der Waals surface area contributed by atoms with Crippen LogP contribution < -0.4 is 5.32 Å². The van der Waals surface area contributed by atoms with E-state index in [9.17, 15) is 13.2 Å². The summed E-state index contributed by atoms with van der Waals surface area (Å²) in [6.07, 6.45) is -2.55. The Morgan fingerprint density at radius 2 is 1.95 bits per heavy atom. The highest BCUT2D eigenvalue weighted by Gasteiger charge is 2.34. The third-order valence-electron chi connectivity index (χ3n) is 3.03. The smallest absolute Gasteiger partial charge is 0.378 e. The second-order valence-corrected chi connectivity index (χ2v) is 4.71. The van der Waals surface area contributed by atoms with Crippen LogP contribution in [0.5, 0.6) is 0 Å². The summed E-state index contributed by atoms with van der Waals surface area (Å²) in [5, 5.41) is 2.86. The van der Waals surface area contributed by atoms with Crippen LogP contribution in [0.1, 0.15) is 18.2 Å². The molecule has 0 saturated carbocycles. The number of alkyl halides is 3. The maximum atomic E-state index is 12.9. The molecule has 2 nitrogen and oxygen atoms in total. The van der Waals surface area contributed by atoms with Crippen molar-refractivity contribution in [1.82, 2.24) is 4.57 Å². The van der Waals surface area contributed by atoms with Crippen LogP contribution >= 0.6 is 11.6 Å². The Morgan fingerprint density at radius 1 is 1.20 bits per heavy atom. The molecule has 0 aliphatic rings. The molecular weight excluding hydrogens is 289 g/mol. The minimum Gasteiger partial charge on any atom is -0.378 e.